The van der Waals surface area contributed by atoms with Gasteiger partial charge in [0.15, 0.2) is 0 Å². The Balaban J connectivity index is 1.73. The van der Waals surface area contributed by atoms with Gasteiger partial charge >= 0.3 is 6.03 Å². The third-order valence-electron chi connectivity index (χ3n) is 7.70. The molecule has 4 heteroatoms. The molecule has 3 aliphatic rings. The molecule has 2 bridgehead atoms. The molecule has 0 radical (unpaired) electrons. The van der Waals surface area contributed by atoms with Gasteiger partial charge in [-0.05, 0) is 54.7 Å². The summed E-state index contributed by atoms with van der Waals surface area (Å²) in [5.41, 5.74) is 2.83. The molecule has 26 heavy (non-hydrogen) atoms. The normalized spacial score (nSPS) is 29.9. The minimum Gasteiger partial charge on any atom is -0.496 e. The number of amides is 2. The van der Waals surface area contributed by atoms with Gasteiger partial charge < -0.3 is 14.5 Å². The highest BCUT2D eigenvalue weighted by molar-refractivity contribution is 5.76. The van der Waals surface area contributed by atoms with Crippen molar-refractivity contribution >= 4 is 6.03 Å². The summed E-state index contributed by atoms with van der Waals surface area (Å²) in [6, 6.07) is 6.93. The number of hydrogen-bond donors (Lipinski definition) is 0. The van der Waals surface area contributed by atoms with E-state index in [4.69, 9.17) is 4.74 Å². The number of carbonyl (C=O) groups excluding carboxylic acids is 1. The van der Waals surface area contributed by atoms with Crippen LogP contribution in [0.5, 0.6) is 5.75 Å². The Morgan fingerprint density at radius 3 is 2.54 bits per heavy atom. The summed E-state index contributed by atoms with van der Waals surface area (Å²) in [5.74, 6) is 0.974. The summed E-state index contributed by atoms with van der Waals surface area (Å²) in [6.07, 6.45) is 5.43. The fourth-order valence-electron chi connectivity index (χ4n) is 5.60. The van der Waals surface area contributed by atoms with E-state index < -0.39 is 0 Å². The van der Waals surface area contributed by atoms with Gasteiger partial charge in [0.25, 0.3) is 0 Å². The third-order valence-corrected chi connectivity index (χ3v) is 7.70. The highest BCUT2D eigenvalue weighted by atomic mass is 16.5. The zero-order valence-electron chi connectivity index (χ0n) is 16.7. The van der Waals surface area contributed by atoms with Crippen molar-refractivity contribution < 1.29 is 9.53 Å². The Morgan fingerprint density at radius 1 is 1.12 bits per heavy atom. The maximum absolute atomic E-state index is 13.3. The SMILES string of the molecule is COc1cccc2c1C[C@@H]1N(C(=O)N3CCCCC3)CC[C@]2(C)C1(C)C. The van der Waals surface area contributed by atoms with Crippen LogP contribution in [-0.2, 0) is 11.8 Å². The van der Waals surface area contributed by atoms with Crippen LogP contribution in [0.2, 0.25) is 0 Å². The van der Waals surface area contributed by atoms with Crippen molar-refractivity contribution in [1.29, 1.82) is 0 Å². The van der Waals surface area contributed by atoms with Gasteiger partial charge in [-0.1, -0.05) is 32.9 Å². The first-order valence-corrected chi connectivity index (χ1v) is 10.1. The molecule has 1 aliphatic carbocycles. The number of likely N-dealkylation sites (tertiary alicyclic amines) is 2. The van der Waals surface area contributed by atoms with Gasteiger partial charge in [0.1, 0.15) is 5.75 Å². The molecule has 142 valence electrons. The molecule has 0 saturated carbocycles. The molecule has 2 aliphatic heterocycles. The van der Waals surface area contributed by atoms with Gasteiger partial charge in [0, 0.05) is 31.1 Å². The van der Waals surface area contributed by atoms with Gasteiger partial charge in [-0.2, -0.15) is 0 Å². The minimum absolute atomic E-state index is 0.0378. The molecular weight excluding hydrogens is 324 g/mol. The lowest BCUT2D eigenvalue weighted by Crippen LogP contribution is -2.66. The number of nitrogens with zero attached hydrogens (tertiary/aromatic N) is 2. The Bertz CT molecular complexity index is 708. The lowest BCUT2D eigenvalue weighted by Gasteiger charge is -2.61. The number of hydrogen-bond acceptors (Lipinski definition) is 2. The number of fused-ring (bicyclic) bond motifs is 4. The molecule has 0 aromatic heterocycles. The van der Waals surface area contributed by atoms with E-state index in [0.29, 0.717) is 0 Å². The maximum atomic E-state index is 13.3. The van der Waals surface area contributed by atoms with E-state index in [9.17, 15) is 4.79 Å². The second-order valence-corrected chi connectivity index (χ2v) is 9.03. The molecule has 2 fully saturated rings. The van der Waals surface area contributed by atoms with Crippen molar-refractivity contribution in [2.24, 2.45) is 5.41 Å². The Hall–Kier alpha value is -1.71. The molecule has 2 amide bonds. The molecule has 0 N–H and O–H groups in total. The molecule has 4 rings (SSSR count). The second kappa shape index (κ2) is 6.17. The predicted molar refractivity (Wildman–Crippen MR) is 104 cm³/mol. The summed E-state index contributed by atoms with van der Waals surface area (Å²) < 4.78 is 5.69. The Kier molecular flexibility index (Phi) is 4.20. The van der Waals surface area contributed by atoms with E-state index in [1.54, 1.807) is 7.11 Å². The Labute approximate surface area is 157 Å². The molecule has 0 unspecified atom stereocenters. The summed E-state index contributed by atoms with van der Waals surface area (Å²) in [7, 11) is 1.75. The van der Waals surface area contributed by atoms with Crippen molar-refractivity contribution in [1.82, 2.24) is 9.80 Å². The molecule has 2 heterocycles. The monoisotopic (exact) mass is 356 g/mol. The van der Waals surface area contributed by atoms with Gasteiger partial charge in [0.05, 0.1) is 7.11 Å². The number of methoxy groups -OCH3 is 1. The lowest BCUT2D eigenvalue weighted by atomic mass is 9.51. The van der Waals surface area contributed by atoms with Crippen molar-refractivity contribution in [3.63, 3.8) is 0 Å². The largest absolute Gasteiger partial charge is 0.496 e. The molecule has 2 saturated heterocycles. The van der Waals surface area contributed by atoms with Crippen molar-refractivity contribution in [2.45, 2.75) is 64.3 Å². The van der Waals surface area contributed by atoms with E-state index in [1.165, 1.54) is 17.5 Å². The zero-order chi connectivity index (χ0) is 18.5. The van der Waals surface area contributed by atoms with Crippen LogP contribution in [-0.4, -0.2) is 48.6 Å². The van der Waals surface area contributed by atoms with E-state index in [1.807, 2.05) is 0 Å². The molecular formula is C22H32N2O2. The van der Waals surface area contributed by atoms with Crippen LogP contribution in [0.15, 0.2) is 18.2 Å². The quantitative estimate of drug-likeness (QED) is 0.755. The fraction of sp³-hybridized carbons (Fsp3) is 0.682. The Morgan fingerprint density at radius 2 is 1.85 bits per heavy atom. The predicted octanol–water partition coefficient (Wildman–Crippen LogP) is 4.22. The van der Waals surface area contributed by atoms with Gasteiger partial charge in [0.2, 0.25) is 0 Å². The number of benzene rings is 1. The van der Waals surface area contributed by atoms with Crippen molar-refractivity contribution in [2.75, 3.05) is 26.7 Å². The summed E-state index contributed by atoms with van der Waals surface area (Å²) >= 11 is 0. The van der Waals surface area contributed by atoms with Crippen LogP contribution in [0.1, 0.15) is 57.6 Å². The number of rotatable bonds is 1. The van der Waals surface area contributed by atoms with Gasteiger partial charge in [-0.25, -0.2) is 4.79 Å². The summed E-state index contributed by atoms with van der Waals surface area (Å²) in [6.45, 7) is 9.79. The first kappa shape index (κ1) is 17.7. The zero-order valence-corrected chi connectivity index (χ0v) is 16.7. The van der Waals surface area contributed by atoms with Crippen LogP contribution in [0, 0.1) is 5.41 Å². The van der Waals surface area contributed by atoms with Crippen LogP contribution >= 0.6 is 0 Å². The van der Waals surface area contributed by atoms with E-state index in [-0.39, 0.29) is 22.9 Å². The van der Waals surface area contributed by atoms with Crippen molar-refractivity contribution in [3.05, 3.63) is 29.3 Å². The van der Waals surface area contributed by atoms with Crippen LogP contribution in [0.3, 0.4) is 0 Å². The fourth-order valence-corrected chi connectivity index (χ4v) is 5.60. The maximum Gasteiger partial charge on any atom is 0.320 e. The van der Waals surface area contributed by atoms with E-state index in [0.717, 1.165) is 51.1 Å². The average Bonchev–Trinajstić information content (AvgIpc) is 2.64. The van der Waals surface area contributed by atoms with Crippen LogP contribution in [0.25, 0.3) is 0 Å². The van der Waals surface area contributed by atoms with Crippen LogP contribution < -0.4 is 4.74 Å². The lowest BCUT2D eigenvalue weighted by molar-refractivity contribution is -0.0247. The smallest absolute Gasteiger partial charge is 0.320 e. The topological polar surface area (TPSA) is 32.8 Å². The number of ether oxygens (including phenoxy) is 1. The minimum atomic E-state index is 0.0378. The van der Waals surface area contributed by atoms with E-state index >= 15 is 0 Å². The first-order chi connectivity index (χ1) is 12.4. The van der Waals surface area contributed by atoms with Gasteiger partial charge in [-0.3, -0.25) is 0 Å². The second-order valence-electron chi connectivity index (χ2n) is 9.03. The number of urea groups is 1. The third kappa shape index (κ3) is 2.37. The molecule has 2 atom stereocenters. The molecule has 1 aromatic carbocycles. The standard InChI is InChI=1S/C22H32N2O2/c1-21(2)19-15-16-17(9-8-10-18(16)26-4)22(21,3)11-14-24(19)20(25)23-12-6-5-7-13-23/h8-10,19H,5-7,11-15H2,1-4H3/t19-,22-/m0/s1. The van der Waals surface area contributed by atoms with Crippen molar-refractivity contribution in [3.8, 4) is 5.75 Å². The number of piperidine rings is 2. The average molecular weight is 357 g/mol. The number of carbonyl (C=O) groups is 1. The first-order valence-electron chi connectivity index (χ1n) is 10.1. The molecule has 1 aromatic rings. The highest BCUT2D eigenvalue weighted by Crippen LogP contribution is 2.57. The summed E-state index contributed by atoms with van der Waals surface area (Å²) in [4.78, 5) is 17.6. The summed E-state index contributed by atoms with van der Waals surface area (Å²) in [5, 5.41) is 0. The molecule has 4 nitrogen and oxygen atoms in total. The van der Waals surface area contributed by atoms with Gasteiger partial charge in [-0.15, -0.1) is 0 Å². The van der Waals surface area contributed by atoms with E-state index in [2.05, 4.69) is 48.8 Å². The van der Waals surface area contributed by atoms with Crippen LogP contribution in [0.4, 0.5) is 4.79 Å². The molecule has 0 spiro atoms. The highest BCUT2D eigenvalue weighted by Gasteiger charge is 2.57.